The van der Waals surface area contributed by atoms with Crippen molar-refractivity contribution in [3.8, 4) is 0 Å². The maximum Gasteiger partial charge on any atom is 0.242 e. The number of carbonyl (C=O) groups excluding carboxylic acids is 1. The third kappa shape index (κ3) is 3.23. The van der Waals surface area contributed by atoms with E-state index in [2.05, 4.69) is 20.8 Å². The van der Waals surface area contributed by atoms with Gasteiger partial charge in [-0.1, -0.05) is 12.8 Å². The Bertz CT molecular complexity index is 354. The Hall–Kier alpha value is -1.50. The van der Waals surface area contributed by atoms with Gasteiger partial charge in [-0.15, -0.1) is 5.10 Å². The third-order valence-electron chi connectivity index (χ3n) is 3.19. The van der Waals surface area contributed by atoms with Crippen LogP contribution in [0.25, 0.3) is 0 Å². The van der Waals surface area contributed by atoms with E-state index in [0.717, 1.165) is 25.7 Å². The second-order valence-electron chi connectivity index (χ2n) is 4.41. The molecule has 1 amide bonds. The lowest BCUT2D eigenvalue weighted by Gasteiger charge is -2.30. The Morgan fingerprint density at radius 3 is 3.00 bits per heavy atom. The van der Waals surface area contributed by atoms with Crippen LogP contribution >= 0.6 is 0 Å². The summed E-state index contributed by atoms with van der Waals surface area (Å²) in [4.78, 5) is 11.7. The van der Waals surface area contributed by atoms with Crippen molar-refractivity contribution in [3.05, 3.63) is 6.33 Å². The molecule has 1 heterocycles. The highest BCUT2D eigenvalue weighted by molar-refractivity contribution is 5.75. The first kappa shape index (κ1) is 12.0. The first-order chi connectivity index (χ1) is 8.29. The van der Waals surface area contributed by atoms with E-state index in [1.807, 2.05) is 0 Å². The third-order valence-corrected chi connectivity index (χ3v) is 3.19. The molecule has 2 N–H and O–H groups in total. The molecule has 0 radical (unpaired) electrons. The largest absolute Gasteiger partial charge is 0.396 e. The summed E-state index contributed by atoms with van der Waals surface area (Å²) in [7, 11) is 0. The number of nitrogens with zero attached hydrogens (tertiary/aromatic N) is 4. The van der Waals surface area contributed by atoms with Crippen LogP contribution in [0.1, 0.15) is 25.7 Å². The van der Waals surface area contributed by atoms with Gasteiger partial charge in [0.15, 0.2) is 0 Å². The van der Waals surface area contributed by atoms with Crippen LogP contribution in [-0.4, -0.2) is 43.9 Å². The van der Waals surface area contributed by atoms with E-state index in [-0.39, 0.29) is 31.0 Å². The molecule has 0 aromatic carbocycles. The zero-order chi connectivity index (χ0) is 12.1. The number of aliphatic hydroxyl groups is 1. The number of nitrogens with one attached hydrogen (secondary N) is 1. The molecule has 2 unspecified atom stereocenters. The van der Waals surface area contributed by atoms with Crippen LogP contribution in [0.2, 0.25) is 0 Å². The number of amides is 1. The second-order valence-corrected chi connectivity index (χ2v) is 4.41. The van der Waals surface area contributed by atoms with E-state index in [1.54, 1.807) is 0 Å². The van der Waals surface area contributed by atoms with Crippen LogP contribution in [0.3, 0.4) is 0 Å². The van der Waals surface area contributed by atoms with Crippen molar-refractivity contribution < 1.29 is 9.90 Å². The SMILES string of the molecule is O=C(Cn1cnnn1)NC1CCCCC1CO. The highest BCUT2D eigenvalue weighted by Crippen LogP contribution is 2.23. The fourth-order valence-electron chi connectivity index (χ4n) is 2.27. The van der Waals surface area contributed by atoms with Gasteiger partial charge in [-0.2, -0.15) is 0 Å². The van der Waals surface area contributed by atoms with E-state index in [0.29, 0.717) is 0 Å². The van der Waals surface area contributed by atoms with Crippen LogP contribution in [0, 0.1) is 5.92 Å². The van der Waals surface area contributed by atoms with Crippen LogP contribution in [-0.2, 0) is 11.3 Å². The molecule has 1 aromatic rings. The molecule has 1 saturated carbocycles. The molecule has 0 spiro atoms. The predicted octanol–water partition coefficient (Wildman–Crippen LogP) is -0.660. The molecule has 1 fully saturated rings. The summed E-state index contributed by atoms with van der Waals surface area (Å²) in [5.74, 6) is 0.0734. The zero-order valence-corrected chi connectivity index (χ0v) is 9.62. The van der Waals surface area contributed by atoms with E-state index in [1.165, 1.54) is 11.0 Å². The van der Waals surface area contributed by atoms with Crippen molar-refractivity contribution in [1.82, 2.24) is 25.5 Å². The zero-order valence-electron chi connectivity index (χ0n) is 9.62. The van der Waals surface area contributed by atoms with Gasteiger partial charge < -0.3 is 10.4 Å². The Morgan fingerprint density at radius 2 is 2.29 bits per heavy atom. The van der Waals surface area contributed by atoms with Crippen molar-refractivity contribution in [2.75, 3.05) is 6.61 Å². The quantitative estimate of drug-likeness (QED) is 0.727. The normalized spacial score (nSPS) is 24.5. The summed E-state index contributed by atoms with van der Waals surface area (Å²) in [5, 5.41) is 22.7. The second kappa shape index (κ2) is 5.72. The number of carbonyl (C=O) groups is 1. The molecule has 2 rings (SSSR count). The van der Waals surface area contributed by atoms with Crippen LogP contribution < -0.4 is 5.32 Å². The fraction of sp³-hybridized carbons (Fsp3) is 0.800. The molecule has 7 nitrogen and oxygen atoms in total. The summed E-state index contributed by atoms with van der Waals surface area (Å²) in [6, 6.07) is 0.0812. The molecule has 1 aliphatic carbocycles. The number of hydrogen-bond acceptors (Lipinski definition) is 5. The fourth-order valence-corrected chi connectivity index (χ4v) is 2.27. The summed E-state index contributed by atoms with van der Waals surface area (Å²) < 4.78 is 1.38. The summed E-state index contributed by atoms with van der Waals surface area (Å²) in [6.45, 7) is 0.261. The average Bonchev–Trinajstić information content (AvgIpc) is 2.82. The van der Waals surface area contributed by atoms with Crippen molar-refractivity contribution in [2.24, 2.45) is 5.92 Å². The minimum atomic E-state index is -0.109. The van der Waals surface area contributed by atoms with Crippen molar-refractivity contribution >= 4 is 5.91 Å². The minimum Gasteiger partial charge on any atom is -0.396 e. The van der Waals surface area contributed by atoms with Gasteiger partial charge in [-0.25, -0.2) is 4.68 Å². The molecular formula is C10H17N5O2. The molecule has 94 valence electrons. The van der Waals surface area contributed by atoms with Gasteiger partial charge in [0.05, 0.1) is 0 Å². The number of hydrogen-bond donors (Lipinski definition) is 2. The maximum atomic E-state index is 11.7. The van der Waals surface area contributed by atoms with Crippen molar-refractivity contribution in [2.45, 2.75) is 38.3 Å². The Labute approximate surface area is 99.2 Å². The average molecular weight is 239 g/mol. The molecule has 0 bridgehead atoms. The molecule has 0 aliphatic heterocycles. The van der Waals surface area contributed by atoms with Crippen molar-refractivity contribution in [3.63, 3.8) is 0 Å². The van der Waals surface area contributed by atoms with Gasteiger partial charge in [-0.3, -0.25) is 4.79 Å². The maximum absolute atomic E-state index is 11.7. The van der Waals surface area contributed by atoms with Crippen molar-refractivity contribution in [1.29, 1.82) is 0 Å². The predicted molar refractivity (Wildman–Crippen MR) is 58.8 cm³/mol. The lowest BCUT2D eigenvalue weighted by molar-refractivity contribution is -0.123. The summed E-state index contributed by atoms with van der Waals surface area (Å²) >= 11 is 0. The summed E-state index contributed by atoms with van der Waals surface area (Å²) in [6.07, 6.45) is 5.56. The Balaban J connectivity index is 1.84. The standard InChI is InChI=1S/C10H17N5O2/c16-6-8-3-1-2-4-9(8)12-10(17)5-15-7-11-13-14-15/h7-9,16H,1-6H2,(H,12,17). The van der Waals surface area contributed by atoms with Gasteiger partial charge >= 0.3 is 0 Å². The Kier molecular flexibility index (Phi) is 4.03. The lowest BCUT2D eigenvalue weighted by Crippen LogP contribution is -2.44. The minimum absolute atomic E-state index is 0.0812. The molecule has 7 heteroatoms. The molecule has 2 atom stereocenters. The molecule has 0 saturated heterocycles. The van der Waals surface area contributed by atoms with E-state index in [9.17, 15) is 9.90 Å². The lowest BCUT2D eigenvalue weighted by atomic mass is 9.85. The topological polar surface area (TPSA) is 92.9 Å². The van der Waals surface area contributed by atoms with Crippen LogP contribution in [0.15, 0.2) is 6.33 Å². The Morgan fingerprint density at radius 1 is 1.47 bits per heavy atom. The van der Waals surface area contributed by atoms with E-state index in [4.69, 9.17) is 0 Å². The molecule has 1 aliphatic rings. The first-order valence-electron chi connectivity index (χ1n) is 5.90. The number of tetrazole rings is 1. The van der Waals surface area contributed by atoms with Gasteiger partial charge in [0.1, 0.15) is 12.9 Å². The van der Waals surface area contributed by atoms with Crippen LogP contribution in [0.5, 0.6) is 0 Å². The highest BCUT2D eigenvalue weighted by Gasteiger charge is 2.25. The van der Waals surface area contributed by atoms with Gasteiger partial charge in [0, 0.05) is 18.6 Å². The van der Waals surface area contributed by atoms with Crippen LogP contribution in [0.4, 0.5) is 0 Å². The number of rotatable bonds is 4. The van der Waals surface area contributed by atoms with Gasteiger partial charge in [0.2, 0.25) is 5.91 Å². The number of aromatic nitrogens is 4. The molecule has 17 heavy (non-hydrogen) atoms. The van der Waals surface area contributed by atoms with Gasteiger partial charge in [-0.05, 0) is 23.3 Å². The monoisotopic (exact) mass is 239 g/mol. The van der Waals surface area contributed by atoms with E-state index >= 15 is 0 Å². The first-order valence-corrected chi connectivity index (χ1v) is 5.90. The smallest absolute Gasteiger partial charge is 0.242 e. The van der Waals surface area contributed by atoms with Gasteiger partial charge in [0.25, 0.3) is 0 Å². The van der Waals surface area contributed by atoms with E-state index < -0.39 is 0 Å². The summed E-state index contributed by atoms with van der Waals surface area (Å²) in [5.41, 5.74) is 0. The molecular weight excluding hydrogens is 222 g/mol. The highest BCUT2D eigenvalue weighted by atomic mass is 16.3. The number of aliphatic hydroxyl groups excluding tert-OH is 1. The molecule has 1 aromatic heterocycles.